The number of ketones is 1. The van der Waals surface area contributed by atoms with Gasteiger partial charge in [-0.05, 0) is 55.0 Å². The molecule has 0 saturated carbocycles. The molecule has 6 heteroatoms. The molecule has 2 aromatic rings. The Hall–Kier alpha value is -2.89. The minimum atomic E-state index is -2.93. The van der Waals surface area contributed by atoms with E-state index in [0.29, 0.717) is 23.5 Å². The molecule has 0 bridgehead atoms. The number of hydrogen-bond acceptors (Lipinski definition) is 4. The summed E-state index contributed by atoms with van der Waals surface area (Å²) in [7, 11) is 1.55. The summed E-state index contributed by atoms with van der Waals surface area (Å²) in [4.78, 5) is 12.2. The Morgan fingerprint density at radius 1 is 1.12 bits per heavy atom. The van der Waals surface area contributed by atoms with Gasteiger partial charge in [0, 0.05) is 5.56 Å². The van der Waals surface area contributed by atoms with Gasteiger partial charge in [-0.3, -0.25) is 4.79 Å². The monoisotopic (exact) mass is 348 g/mol. The van der Waals surface area contributed by atoms with Gasteiger partial charge in [-0.2, -0.15) is 8.78 Å². The first-order chi connectivity index (χ1) is 12.0. The first kappa shape index (κ1) is 18.4. The standard InChI is InChI=1S/C19H18F2O4/c1-3-24-18-12-13(5-11-17(18)25-19(20)21)4-10-16(22)14-6-8-15(23-2)9-7-14/h4-12,19H,3H2,1-2H3/b10-4+. The summed E-state index contributed by atoms with van der Waals surface area (Å²) in [5, 5.41) is 0. The molecule has 0 radical (unpaired) electrons. The normalized spacial score (nSPS) is 10.9. The van der Waals surface area contributed by atoms with E-state index in [-0.39, 0.29) is 17.3 Å². The van der Waals surface area contributed by atoms with Crippen LogP contribution in [-0.2, 0) is 0 Å². The summed E-state index contributed by atoms with van der Waals surface area (Å²) in [6, 6.07) is 11.2. The quantitative estimate of drug-likeness (QED) is 0.517. The van der Waals surface area contributed by atoms with Crippen molar-refractivity contribution in [2.45, 2.75) is 13.5 Å². The van der Waals surface area contributed by atoms with E-state index in [2.05, 4.69) is 4.74 Å². The molecule has 25 heavy (non-hydrogen) atoms. The van der Waals surface area contributed by atoms with Crippen LogP contribution >= 0.6 is 0 Å². The van der Waals surface area contributed by atoms with Crippen LogP contribution in [0, 0.1) is 0 Å². The van der Waals surface area contributed by atoms with Crippen LogP contribution < -0.4 is 14.2 Å². The fourth-order valence-electron chi connectivity index (χ4n) is 2.11. The van der Waals surface area contributed by atoms with Gasteiger partial charge in [0.1, 0.15) is 5.75 Å². The molecule has 0 N–H and O–H groups in total. The lowest BCUT2D eigenvalue weighted by Gasteiger charge is -2.11. The van der Waals surface area contributed by atoms with Gasteiger partial charge >= 0.3 is 6.61 Å². The minimum absolute atomic E-state index is 0.0459. The molecule has 0 aliphatic carbocycles. The van der Waals surface area contributed by atoms with E-state index >= 15 is 0 Å². The van der Waals surface area contributed by atoms with Crippen molar-refractivity contribution in [1.82, 2.24) is 0 Å². The fraction of sp³-hybridized carbons (Fsp3) is 0.211. The molecule has 0 aliphatic heterocycles. The third-order valence-electron chi connectivity index (χ3n) is 3.29. The Kier molecular flexibility index (Phi) is 6.51. The number of carbonyl (C=O) groups is 1. The molecule has 2 aromatic carbocycles. The largest absolute Gasteiger partial charge is 0.497 e. The van der Waals surface area contributed by atoms with Gasteiger partial charge in [-0.25, -0.2) is 0 Å². The lowest BCUT2D eigenvalue weighted by Crippen LogP contribution is -2.04. The van der Waals surface area contributed by atoms with Crippen LogP contribution in [0.25, 0.3) is 6.08 Å². The van der Waals surface area contributed by atoms with Crippen molar-refractivity contribution in [3.63, 3.8) is 0 Å². The number of carbonyl (C=O) groups excluding carboxylic acids is 1. The molecule has 0 unspecified atom stereocenters. The molecular weight excluding hydrogens is 330 g/mol. The fourth-order valence-corrected chi connectivity index (χ4v) is 2.11. The number of benzene rings is 2. The van der Waals surface area contributed by atoms with Crippen molar-refractivity contribution in [3.05, 3.63) is 59.7 Å². The first-order valence-electron chi connectivity index (χ1n) is 7.61. The Morgan fingerprint density at radius 2 is 1.84 bits per heavy atom. The zero-order valence-corrected chi connectivity index (χ0v) is 13.9. The molecule has 4 nitrogen and oxygen atoms in total. The molecule has 0 saturated heterocycles. The summed E-state index contributed by atoms with van der Waals surface area (Å²) in [6.45, 7) is -0.892. The lowest BCUT2D eigenvalue weighted by atomic mass is 10.1. The Labute approximate surface area is 144 Å². The van der Waals surface area contributed by atoms with Crippen molar-refractivity contribution in [3.8, 4) is 17.2 Å². The van der Waals surface area contributed by atoms with Crippen molar-refractivity contribution in [2.75, 3.05) is 13.7 Å². The number of allylic oxidation sites excluding steroid dienone is 1. The number of halogens is 2. The predicted octanol–water partition coefficient (Wildman–Crippen LogP) is 4.59. The summed E-state index contributed by atoms with van der Waals surface area (Å²) < 4.78 is 39.5. The van der Waals surface area contributed by atoms with Crippen molar-refractivity contribution >= 4 is 11.9 Å². The second-order valence-corrected chi connectivity index (χ2v) is 4.94. The minimum Gasteiger partial charge on any atom is -0.497 e. The average Bonchev–Trinajstić information content (AvgIpc) is 2.61. The maximum Gasteiger partial charge on any atom is 0.387 e. The predicted molar refractivity (Wildman–Crippen MR) is 90.6 cm³/mol. The van der Waals surface area contributed by atoms with Crippen LogP contribution in [0.5, 0.6) is 17.2 Å². The number of methoxy groups -OCH3 is 1. The highest BCUT2D eigenvalue weighted by Gasteiger charge is 2.11. The molecule has 0 aromatic heterocycles. The highest BCUT2D eigenvalue weighted by molar-refractivity contribution is 6.06. The maximum absolute atomic E-state index is 12.4. The summed E-state index contributed by atoms with van der Waals surface area (Å²) >= 11 is 0. The molecule has 2 rings (SSSR count). The SMILES string of the molecule is CCOc1cc(/C=C/C(=O)c2ccc(OC)cc2)ccc1OC(F)F. The van der Waals surface area contributed by atoms with Crippen molar-refractivity contribution in [2.24, 2.45) is 0 Å². The van der Waals surface area contributed by atoms with E-state index in [1.54, 1.807) is 56.5 Å². The third kappa shape index (κ3) is 5.31. The second-order valence-electron chi connectivity index (χ2n) is 4.94. The molecule has 0 amide bonds. The van der Waals surface area contributed by atoms with Gasteiger partial charge in [0.25, 0.3) is 0 Å². The van der Waals surface area contributed by atoms with E-state index in [1.807, 2.05) is 0 Å². The van der Waals surface area contributed by atoms with Gasteiger partial charge in [0.15, 0.2) is 17.3 Å². The molecular formula is C19H18F2O4. The number of hydrogen-bond donors (Lipinski definition) is 0. The number of ether oxygens (including phenoxy) is 3. The Balaban J connectivity index is 2.15. The molecule has 132 valence electrons. The summed E-state index contributed by atoms with van der Waals surface area (Å²) in [5.41, 5.74) is 1.15. The van der Waals surface area contributed by atoms with E-state index in [9.17, 15) is 13.6 Å². The van der Waals surface area contributed by atoms with Gasteiger partial charge < -0.3 is 14.2 Å². The zero-order chi connectivity index (χ0) is 18.2. The zero-order valence-electron chi connectivity index (χ0n) is 13.9. The lowest BCUT2D eigenvalue weighted by molar-refractivity contribution is -0.0514. The van der Waals surface area contributed by atoms with Gasteiger partial charge in [-0.15, -0.1) is 0 Å². The van der Waals surface area contributed by atoms with Crippen LogP contribution in [-0.4, -0.2) is 26.1 Å². The highest BCUT2D eigenvalue weighted by Crippen LogP contribution is 2.30. The number of rotatable bonds is 8. The van der Waals surface area contributed by atoms with Gasteiger partial charge in [0.2, 0.25) is 0 Å². The Bertz CT molecular complexity index is 740. The van der Waals surface area contributed by atoms with Crippen molar-refractivity contribution in [1.29, 1.82) is 0 Å². The van der Waals surface area contributed by atoms with E-state index < -0.39 is 6.61 Å². The van der Waals surface area contributed by atoms with Crippen LogP contribution in [0.2, 0.25) is 0 Å². The van der Waals surface area contributed by atoms with Crippen LogP contribution in [0.3, 0.4) is 0 Å². The third-order valence-corrected chi connectivity index (χ3v) is 3.29. The Morgan fingerprint density at radius 3 is 2.44 bits per heavy atom. The molecule has 0 aliphatic rings. The molecule has 0 fully saturated rings. The number of alkyl halides is 2. The molecule has 0 atom stereocenters. The van der Waals surface area contributed by atoms with E-state index in [4.69, 9.17) is 9.47 Å². The molecule has 0 spiro atoms. The second kappa shape index (κ2) is 8.82. The van der Waals surface area contributed by atoms with Crippen LogP contribution in [0.1, 0.15) is 22.8 Å². The van der Waals surface area contributed by atoms with E-state index in [1.165, 1.54) is 12.1 Å². The molecule has 0 heterocycles. The summed E-state index contributed by atoms with van der Waals surface area (Å²) in [6.07, 6.45) is 2.99. The highest BCUT2D eigenvalue weighted by atomic mass is 19.3. The van der Waals surface area contributed by atoms with Gasteiger partial charge in [0.05, 0.1) is 13.7 Å². The van der Waals surface area contributed by atoms with Crippen LogP contribution in [0.4, 0.5) is 8.78 Å². The average molecular weight is 348 g/mol. The van der Waals surface area contributed by atoms with Gasteiger partial charge in [-0.1, -0.05) is 12.1 Å². The summed E-state index contributed by atoms with van der Waals surface area (Å²) in [5.74, 6) is 0.627. The van der Waals surface area contributed by atoms with E-state index in [0.717, 1.165) is 0 Å². The van der Waals surface area contributed by atoms with Crippen molar-refractivity contribution < 1.29 is 27.8 Å². The topological polar surface area (TPSA) is 44.8 Å². The maximum atomic E-state index is 12.4. The smallest absolute Gasteiger partial charge is 0.387 e. The first-order valence-corrected chi connectivity index (χ1v) is 7.61. The van der Waals surface area contributed by atoms with Crippen LogP contribution in [0.15, 0.2) is 48.5 Å².